The van der Waals surface area contributed by atoms with Gasteiger partial charge < -0.3 is 15.0 Å². The van der Waals surface area contributed by atoms with Crippen LogP contribution in [-0.2, 0) is 9.53 Å². The van der Waals surface area contributed by atoms with E-state index in [1.54, 1.807) is 0 Å². The van der Waals surface area contributed by atoms with Gasteiger partial charge in [0.25, 0.3) is 5.91 Å². The Kier molecular flexibility index (Phi) is 5.31. The second-order valence-corrected chi connectivity index (χ2v) is 5.33. The van der Waals surface area contributed by atoms with Gasteiger partial charge in [0, 0.05) is 26.6 Å². The summed E-state index contributed by atoms with van der Waals surface area (Å²) in [4.78, 5) is 24.7. The molecule has 1 saturated heterocycles. The van der Waals surface area contributed by atoms with Crippen molar-refractivity contribution in [3.63, 3.8) is 0 Å². The van der Waals surface area contributed by atoms with Crippen molar-refractivity contribution in [1.82, 2.24) is 10.2 Å². The van der Waals surface area contributed by atoms with E-state index in [9.17, 15) is 18.4 Å². The second-order valence-electron chi connectivity index (χ2n) is 4.93. The molecular weight excluding hydrogens is 318 g/mol. The minimum absolute atomic E-state index is 0.0965. The highest BCUT2D eigenvalue weighted by Crippen LogP contribution is 2.22. The Bertz CT molecular complexity index is 598. The van der Waals surface area contributed by atoms with Gasteiger partial charge in [-0.1, -0.05) is 11.6 Å². The second kappa shape index (κ2) is 7.02. The van der Waals surface area contributed by atoms with Crippen LogP contribution in [0.2, 0.25) is 5.02 Å². The summed E-state index contributed by atoms with van der Waals surface area (Å²) in [6.45, 7) is 2.48. The van der Waals surface area contributed by atoms with Crippen LogP contribution in [0.1, 0.15) is 17.3 Å². The number of ether oxygens (including phenoxy) is 1. The standard InChI is InChI=1S/C14H15ClF2N2O3/c1-8(20)18-6-9-7-19(2-3-22-9)14(21)10-4-12(16)13(17)5-11(10)15/h4-5,9H,2-3,6-7H2,1H3,(H,18,20)/t9-/m1/s1. The molecular formula is C14H15ClF2N2O3. The van der Waals surface area contributed by atoms with Crippen LogP contribution in [0.3, 0.4) is 0 Å². The number of rotatable bonds is 3. The molecule has 1 aromatic rings. The van der Waals surface area contributed by atoms with Gasteiger partial charge in [-0.15, -0.1) is 0 Å². The maximum atomic E-state index is 13.3. The molecule has 1 heterocycles. The van der Waals surface area contributed by atoms with Gasteiger partial charge in [-0.25, -0.2) is 8.78 Å². The zero-order valence-corrected chi connectivity index (χ0v) is 12.6. The molecule has 0 aliphatic carbocycles. The van der Waals surface area contributed by atoms with Crippen molar-refractivity contribution in [2.24, 2.45) is 0 Å². The Labute approximate surface area is 131 Å². The van der Waals surface area contributed by atoms with Crippen LogP contribution in [0.15, 0.2) is 12.1 Å². The van der Waals surface area contributed by atoms with Crippen LogP contribution >= 0.6 is 11.6 Å². The Balaban J connectivity index is 2.09. The molecule has 1 fully saturated rings. The molecule has 0 radical (unpaired) electrons. The van der Waals surface area contributed by atoms with E-state index in [0.717, 1.165) is 12.1 Å². The van der Waals surface area contributed by atoms with E-state index in [2.05, 4.69) is 5.32 Å². The van der Waals surface area contributed by atoms with Crippen molar-refractivity contribution in [3.05, 3.63) is 34.4 Å². The summed E-state index contributed by atoms with van der Waals surface area (Å²) in [5.74, 6) is -2.93. The van der Waals surface area contributed by atoms with E-state index in [0.29, 0.717) is 6.54 Å². The molecule has 1 aliphatic heterocycles. The lowest BCUT2D eigenvalue weighted by molar-refractivity contribution is -0.120. The molecule has 1 atom stereocenters. The van der Waals surface area contributed by atoms with Gasteiger partial charge in [0.1, 0.15) is 0 Å². The lowest BCUT2D eigenvalue weighted by atomic mass is 10.1. The molecule has 1 aliphatic rings. The maximum Gasteiger partial charge on any atom is 0.255 e. The minimum atomic E-state index is -1.13. The number of hydrogen-bond acceptors (Lipinski definition) is 3. The van der Waals surface area contributed by atoms with Gasteiger partial charge in [0.05, 0.1) is 23.3 Å². The number of morpholine rings is 1. The molecule has 0 aromatic heterocycles. The first-order valence-electron chi connectivity index (χ1n) is 6.68. The van der Waals surface area contributed by atoms with Crippen molar-refractivity contribution in [1.29, 1.82) is 0 Å². The van der Waals surface area contributed by atoms with Crippen LogP contribution in [0.5, 0.6) is 0 Å². The van der Waals surface area contributed by atoms with Crippen LogP contribution in [0.4, 0.5) is 8.78 Å². The summed E-state index contributed by atoms with van der Waals surface area (Å²) in [7, 11) is 0. The summed E-state index contributed by atoms with van der Waals surface area (Å²) < 4.78 is 31.8. The molecule has 0 spiro atoms. The first-order valence-corrected chi connectivity index (χ1v) is 7.06. The number of benzene rings is 1. The summed E-state index contributed by atoms with van der Waals surface area (Å²) in [5, 5.41) is 2.46. The number of carbonyl (C=O) groups is 2. The Morgan fingerprint density at radius 2 is 2.09 bits per heavy atom. The normalized spacial score (nSPS) is 18.2. The molecule has 0 saturated carbocycles. The summed E-state index contributed by atoms with van der Waals surface area (Å²) in [6, 6.07) is 1.57. The number of halogens is 3. The smallest absolute Gasteiger partial charge is 0.255 e. The number of nitrogens with one attached hydrogen (secondary N) is 1. The molecule has 0 unspecified atom stereocenters. The van der Waals surface area contributed by atoms with Crippen molar-refractivity contribution in [2.75, 3.05) is 26.2 Å². The van der Waals surface area contributed by atoms with Gasteiger partial charge in [-0.3, -0.25) is 9.59 Å². The fourth-order valence-corrected chi connectivity index (χ4v) is 2.37. The van der Waals surface area contributed by atoms with E-state index in [4.69, 9.17) is 16.3 Å². The van der Waals surface area contributed by atoms with Gasteiger partial charge in [-0.2, -0.15) is 0 Å². The fraction of sp³-hybridized carbons (Fsp3) is 0.429. The number of carbonyl (C=O) groups excluding carboxylic acids is 2. The van der Waals surface area contributed by atoms with Crippen LogP contribution in [-0.4, -0.2) is 49.1 Å². The topological polar surface area (TPSA) is 58.6 Å². The largest absolute Gasteiger partial charge is 0.373 e. The highest BCUT2D eigenvalue weighted by Gasteiger charge is 2.27. The van der Waals surface area contributed by atoms with Gasteiger partial charge in [0.2, 0.25) is 5.91 Å². The van der Waals surface area contributed by atoms with E-state index in [1.807, 2.05) is 0 Å². The average Bonchev–Trinajstić information content (AvgIpc) is 2.48. The third-order valence-electron chi connectivity index (χ3n) is 3.25. The van der Waals surface area contributed by atoms with Crippen LogP contribution < -0.4 is 5.32 Å². The highest BCUT2D eigenvalue weighted by atomic mass is 35.5. The predicted molar refractivity (Wildman–Crippen MR) is 75.7 cm³/mol. The average molecular weight is 333 g/mol. The molecule has 22 heavy (non-hydrogen) atoms. The van der Waals surface area contributed by atoms with Crippen LogP contribution in [0, 0.1) is 11.6 Å². The molecule has 0 bridgehead atoms. The lowest BCUT2D eigenvalue weighted by Crippen LogP contribution is -2.49. The highest BCUT2D eigenvalue weighted by molar-refractivity contribution is 6.33. The van der Waals surface area contributed by atoms with Crippen molar-refractivity contribution < 1.29 is 23.1 Å². The predicted octanol–water partition coefficient (Wildman–Crippen LogP) is 1.60. The third-order valence-corrected chi connectivity index (χ3v) is 3.56. The van der Waals surface area contributed by atoms with Gasteiger partial charge >= 0.3 is 0 Å². The number of hydrogen-bond donors (Lipinski definition) is 1. The molecule has 1 N–H and O–H groups in total. The fourth-order valence-electron chi connectivity index (χ4n) is 2.14. The van der Waals surface area contributed by atoms with E-state index < -0.39 is 17.5 Å². The van der Waals surface area contributed by atoms with E-state index in [1.165, 1.54) is 11.8 Å². The summed E-state index contributed by atoms with van der Waals surface area (Å²) in [6.07, 6.45) is -0.356. The number of nitrogens with zero attached hydrogens (tertiary/aromatic N) is 1. The molecule has 120 valence electrons. The van der Waals surface area contributed by atoms with Crippen LogP contribution in [0.25, 0.3) is 0 Å². The molecule has 2 rings (SSSR count). The first-order chi connectivity index (χ1) is 10.4. The molecule has 8 heteroatoms. The van der Waals surface area contributed by atoms with Crippen molar-refractivity contribution in [2.45, 2.75) is 13.0 Å². The maximum absolute atomic E-state index is 13.3. The summed E-state index contributed by atoms with van der Waals surface area (Å²) >= 11 is 5.81. The monoisotopic (exact) mass is 332 g/mol. The Hall–Kier alpha value is -1.73. The lowest BCUT2D eigenvalue weighted by Gasteiger charge is -2.33. The van der Waals surface area contributed by atoms with E-state index in [-0.39, 0.29) is 42.3 Å². The molecule has 5 nitrogen and oxygen atoms in total. The summed E-state index contributed by atoms with van der Waals surface area (Å²) in [5.41, 5.74) is -0.0965. The van der Waals surface area contributed by atoms with Gasteiger partial charge in [-0.05, 0) is 12.1 Å². The molecule has 1 aromatic carbocycles. The Morgan fingerprint density at radius 3 is 2.77 bits per heavy atom. The third kappa shape index (κ3) is 3.92. The molecule has 2 amide bonds. The van der Waals surface area contributed by atoms with Crippen molar-refractivity contribution >= 4 is 23.4 Å². The number of amides is 2. The zero-order chi connectivity index (χ0) is 16.3. The quantitative estimate of drug-likeness (QED) is 0.855. The van der Waals surface area contributed by atoms with Gasteiger partial charge in [0.15, 0.2) is 11.6 Å². The zero-order valence-electron chi connectivity index (χ0n) is 11.9. The first kappa shape index (κ1) is 16.6. The Morgan fingerprint density at radius 1 is 1.41 bits per heavy atom. The van der Waals surface area contributed by atoms with E-state index >= 15 is 0 Å². The minimum Gasteiger partial charge on any atom is -0.373 e. The van der Waals surface area contributed by atoms with Crippen molar-refractivity contribution in [3.8, 4) is 0 Å². The SMILES string of the molecule is CC(=O)NC[C@@H]1CN(C(=O)c2cc(F)c(F)cc2Cl)CCO1.